The zero-order valence-electron chi connectivity index (χ0n) is 11.4. The van der Waals surface area contributed by atoms with Crippen molar-refractivity contribution in [2.24, 2.45) is 0 Å². The molecule has 0 heterocycles. The standard InChI is InChI=1S/C8H19N.C6H8O2/c1-3-5-7-9-8-6-4-2;1-2-3-4-5-6(7)8/h9H,3-8H2,1-2H3;2-5H,1H3,(H,7,8). The van der Waals surface area contributed by atoms with Gasteiger partial charge in [0.1, 0.15) is 0 Å². The van der Waals surface area contributed by atoms with Crippen LogP contribution < -0.4 is 5.32 Å². The summed E-state index contributed by atoms with van der Waals surface area (Å²) in [6, 6.07) is 0. The molecular weight excluding hydrogens is 214 g/mol. The third-order valence-corrected chi connectivity index (χ3v) is 1.96. The first-order valence-corrected chi connectivity index (χ1v) is 6.42. The Morgan fingerprint density at radius 1 is 1.12 bits per heavy atom. The van der Waals surface area contributed by atoms with Crippen LogP contribution in [0, 0.1) is 0 Å². The van der Waals surface area contributed by atoms with E-state index in [0.717, 1.165) is 6.08 Å². The number of unbranched alkanes of at least 4 members (excludes halogenated alkanes) is 2. The largest absolute Gasteiger partial charge is 0.478 e. The molecule has 0 aliphatic rings. The van der Waals surface area contributed by atoms with Crippen LogP contribution in [0.4, 0.5) is 0 Å². The van der Waals surface area contributed by atoms with Gasteiger partial charge in [-0.2, -0.15) is 0 Å². The predicted molar refractivity (Wildman–Crippen MR) is 74.3 cm³/mol. The van der Waals surface area contributed by atoms with Gasteiger partial charge in [-0.1, -0.05) is 44.9 Å². The molecule has 100 valence electrons. The highest BCUT2D eigenvalue weighted by atomic mass is 16.4. The van der Waals surface area contributed by atoms with Crippen molar-refractivity contribution in [2.45, 2.75) is 46.5 Å². The zero-order valence-corrected chi connectivity index (χ0v) is 11.4. The van der Waals surface area contributed by atoms with Gasteiger partial charge in [0.2, 0.25) is 0 Å². The van der Waals surface area contributed by atoms with Crippen molar-refractivity contribution < 1.29 is 9.90 Å². The Morgan fingerprint density at radius 2 is 1.65 bits per heavy atom. The fourth-order valence-corrected chi connectivity index (χ4v) is 0.978. The number of carboxylic acid groups (broad SMARTS) is 1. The maximum Gasteiger partial charge on any atom is 0.328 e. The van der Waals surface area contributed by atoms with E-state index in [2.05, 4.69) is 19.2 Å². The number of hydrogen-bond acceptors (Lipinski definition) is 2. The van der Waals surface area contributed by atoms with Crippen molar-refractivity contribution in [1.29, 1.82) is 0 Å². The molecule has 0 aromatic rings. The van der Waals surface area contributed by atoms with Gasteiger partial charge in [-0.25, -0.2) is 4.79 Å². The summed E-state index contributed by atoms with van der Waals surface area (Å²) in [7, 11) is 0. The summed E-state index contributed by atoms with van der Waals surface area (Å²) in [6.07, 6.45) is 11.2. The third-order valence-electron chi connectivity index (χ3n) is 1.96. The quantitative estimate of drug-likeness (QED) is 0.389. The Labute approximate surface area is 106 Å². The highest BCUT2D eigenvalue weighted by Crippen LogP contribution is 1.85. The van der Waals surface area contributed by atoms with Crippen molar-refractivity contribution >= 4 is 5.97 Å². The average molecular weight is 241 g/mol. The van der Waals surface area contributed by atoms with Gasteiger partial charge >= 0.3 is 5.97 Å². The van der Waals surface area contributed by atoms with E-state index in [1.165, 1.54) is 44.8 Å². The molecule has 0 aliphatic heterocycles. The number of allylic oxidation sites excluding steroid dienone is 3. The SMILES string of the molecule is CC=CC=CC(=O)O.CCCCNCCCC. The molecule has 0 fully saturated rings. The lowest BCUT2D eigenvalue weighted by Gasteiger charge is -1.99. The number of hydrogen-bond donors (Lipinski definition) is 2. The summed E-state index contributed by atoms with van der Waals surface area (Å²) in [4.78, 5) is 9.75. The fraction of sp³-hybridized carbons (Fsp3) is 0.643. The number of carboxylic acids is 1. The number of nitrogens with one attached hydrogen (secondary N) is 1. The van der Waals surface area contributed by atoms with E-state index in [-0.39, 0.29) is 0 Å². The van der Waals surface area contributed by atoms with Crippen LogP contribution in [0.25, 0.3) is 0 Å². The molecular formula is C14H27NO2. The van der Waals surface area contributed by atoms with Gasteiger partial charge in [-0.3, -0.25) is 0 Å². The molecule has 0 aromatic heterocycles. The Bertz CT molecular complexity index is 204. The van der Waals surface area contributed by atoms with Crippen LogP contribution in [0.15, 0.2) is 24.3 Å². The first kappa shape index (κ1) is 18.3. The zero-order chi connectivity index (χ0) is 13.4. The van der Waals surface area contributed by atoms with Crippen LogP contribution in [0.3, 0.4) is 0 Å². The molecule has 17 heavy (non-hydrogen) atoms. The minimum atomic E-state index is -0.914. The van der Waals surface area contributed by atoms with Crippen molar-refractivity contribution in [3.63, 3.8) is 0 Å². The third kappa shape index (κ3) is 25.3. The van der Waals surface area contributed by atoms with Crippen LogP contribution in [0.1, 0.15) is 46.5 Å². The highest BCUT2D eigenvalue weighted by molar-refractivity contribution is 5.80. The number of aliphatic carboxylic acids is 1. The molecule has 0 amide bonds. The second-order valence-corrected chi connectivity index (χ2v) is 3.68. The van der Waals surface area contributed by atoms with Gasteiger partial charge in [0.15, 0.2) is 0 Å². The second kappa shape index (κ2) is 17.3. The summed E-state index contributed by atoms with van der Waals surface area (Å²) in [5.74, 6) is -0.914. The molecule has 0 saturated carbocycles. The van der Waals surface area contributed by atoms with Crippen molar-refractivity contribution in [2.75, 3.05) is 13.1 Å². The van der Waals surface area contributed by atoms with Crippen molar-refractivity contribution in [3.05, 3.63) is 24.3 Å². The summed E-state index contributed by atoms with van der Waals surface area (Å²) in [6.45, 7) is 8.68. The van der Waals surface area contributed by atoms with E-state index in [1.807, 2.05) is 6.92 Å². The van der Waals surface area contributed by atoms with Gasteiger partial charge < -0.3 is 10.4 Å². The summed E-state index contributed by atoms with van der Waals surface area (Å²) in [5.41, 5.74) is 0. The van der Waals surface area contributed by atoms with Gasteiger partial charge in [0.25, 0.3) is 0 Å². The van der Waals surface area contributed by atoms with Crippen molar-refractivity contribution in [1.82, 2.24) is 5.32 Å². The lowest BCUT2D eigenvalue weighted by Crippen LogP contribution is -2.15. The molecule has 0 atom stereocenters. The molecule has 0 saturated heterocycles. The summed E-state index contributed by atoms with van der Waals surface area (Å²) < 4.78 is 0. The highest BCUT2D eigenvalue weighted by Gasteiger charge is 1.83. The first-order chi connectivity index (χ1) is 8.18. The smallest absolute Gasteiger partial charge is 0.328 e. The van der Waals surface area contributed by atoms with Crippen LogP contribution in [-0.2, 0) is 4.79 Å². The van der Waals surface area contributed by atoms with E-state index >= 15 is 0 Å². The van der Waals surface area contributed by atoms with Crippen LogP contribution in [0.5, 0.6) is 0 Å². The molecule has 0 unspecified atom stereocenters. The van der Waals surface area contributed by atoms with Gasteiger partial charge in [0.05, 0.1) is 0 Å². The molecule has 0 bridgehead atoms. The Morgan fingerprint density at radius 3 is 2.00 bits per heavy atom. The van der Waals surface area contributed by atoms with E-state index in [1.54, 1.807) is 12.2 Å². The van der Waals surface area contributed by atoms with Gasteiger partial charge in [-0.05, 0) is 32.9 Å². The molecule has 3 heteroatoms. The predicted octanol–water partition coefficient (Wildman–Crippen LogP) is 3.38. The lowest BCUT2D eigenvalue weighted by molar-refractivity contribution is -0.131. The maximum atomic E-state index is 9.75. The lowest BCUT2D eigenvalue weighted by atomic mass is 10.3. The number of rotatable bonds is 8. The Balaban J connectivity index is 0. The van der Waals surface area contributed by atoms with E-state index in [4.69, 9.17) is 5.11 Å². The maximum absolute atomic E-state index is 9.75. The van der Waals surface area contributed by atoms with Crippen molar-refractivity contribution in [3.8, 4) is 0 Å². The van der Waals surface area contributed by atoms with E-state index in [9.17, 15) is 4.79 Å². The Hall–Kier alpha value is -1.09. The van der Waals surface area contributed by atoms with Crippen LogP contribution >= 0.6 is 0 Å². The molecule has 0 radical (unpaired) electrons. The monoisotopic (exact) mass is 241 g/mol. The second-order valence-electron chi connectivity index (χ2n) is 3.68. The van der Waals surface area contributed by atoms with E-state index < -0.39 is 5.97 Å². The number of carbonyl (C=O) groups is 1. The Kier molecular flexibility index (Phi) is 18.6. The van der Waals surface area contributed by atoms with E-state index in [0.29, 0.717) is 0 Å². The molecule has 3 nitrogen and oxygen atoms in total. The molecule has 0 spiro atoms. The van der Waals surface area contributed by atoms with Crippen LogP contribution in [0.2, 0.25) is 0 Å². The summed E-state index contributed by atoms with van der Waals surface area (Å²) >= 11 is 0. The molecule has 0 rings (SSSR count). The van der Waals surface area contributed by atoms with Crippen LogP contribution in [-0.4, -0.2) is 24.2 Å². The minimum Gasteiger partial charge on any atom is -0.478 e. The fourth-order valence-electron chi connectivity index (χ4n) is 0.978. The summed E-state index contributed by atoms with van der Waals surface area (Å²) in [5, 5.41) is 11.4. The first-order valence-electron chi connectivity index (χ1n) is 6.42. The normalized spacial score (nSPS) is 10.5. The average Bonchev–Trinajstić information content (AvgIpc) is 2.30. The van der Waals surface area contributed by atoms with Gasteiger partial charge in [0, 0.05) is 6.08 Å². The minimum absolute atomic E-state index is 0.914. The molecule has 0 aliphatic carbocycles. The topological polar surface area (TPSA) is 49.3 Å². The molecule has 2 N–H and O–H groups in total. The van der Waals surface area contributed by atoms with Gasteiger partial charge in [-0.15, -0.1) is 0 Å². The molecule has 0 aromatic carbocycles.